The summed E-state index contributed by atoms with van der Waals surface area (Å²) in [4.78, 5) is 0. The molecule has 0 saturated heterocycles. The number of rotatable bonds is 4. The number of nitrogens with two attached hydrogens (primary N) is 1. The minimum atomic E-state index is -3.98. The van der Waals surface area contributed by atoms with Crippen LogP contribution < -0.4 is 14.3 Å². The summed E-state index contributed by atoms with van der Waals surface area (Å²) in [7, 11) is -3.98. The zero-order valence-corrected chi connectivity index (χ0v) is 15.2. The highest BCUT2D eigenvalue weighted by Crippen LogP contribution is 2.46. The van der Waals surface area contributed by atoms with Gasteiger partial charge in [0.1, 0.15) is 5.82 Å². The van der Waals surface area contributed by atoms with E-state index >= 15 is 0 Å². The summed E-state index contributed by atoms with van der Waals surface area (Å²) >= 11 is 0. The quantitative estimate of drug-likeness (QED) is 0.747. The van der Waals surface area contributed by atoms with Crippen LogP contribution >= 0.6 is 0 Å². The van der Waals surface area contributed by atoms with Gasteiger partial charge in [0.2, 0.25) is 0 Å². The van der Waals surface area contributed by atoms with Crippen LogP contribution in [0, 0.1) is 5.82 Å². The molecule has 3 aromatic rings. The Balaban J connectivity index is 1.83. The number of para-hydroxylation sites is 3. The lowest BCUT2D eigenvalue weighted by Gasteiger charge is -2.22. The number of fused-ring (bicyclic) bond motifs is 1. The van der Waals surface area contributed by atoms with Crippen molar-refractivity contribution in [2.75, 3.05) is 8.61 Å². The molecule has 138 valence electrons. The van der Waals surface area contributed by atoms with E-state index in [9.17, 15) is 12.8 Å². The Morgan fingerprint density at radius 3 is 2.15 bits per heavy atom. The monoisotopic (exact) mass is 383 g/mol. The highest BCUT2D eigenvalue weighted by molar-refractivity contribution is 7.95. The van der Waals surface area contributed by atoms with Crippen molar-refractivity contribution in [2.24, 2.45) is 5.73 Å². The molecule has 0 aliphatic carbocycles. The lowest BCUT2D eigenvalue weighted by molar-refractivity contribution is 0.590. The van der Waals surface area contributed by atoms with Crippen molar-refractivity contribution in [3.8, 4) is 0 Å². The van der Waals surface area contributed by atoms with Gasteiger partial charge in [0.05, 0.1) is 23.6 Å². The van der Waals surface area contributed by atoms with Crippen molar-refractivity contribution >= 4 is 27.3 Å². The van der Waals surface area contributed by atoms with Gasteiger partial charge in [-0.1, -0.05) is 48.5 Å². The third-order valence-corrected chi connectivity index (χ3v) is 6.24. The molecule has 1 heterocycles. The fraction of sp³-hybridized carbons (Fsp3) is 0.100. The summed E-state index contributed by atoms with van der Waals surface area (Å²) in [5, 5.41) is 0. The van der Waals surface area contributed by atoms with E-state index in [0.717, 1.165) is 15.4 Å². The van der Waals surface area contributed by atoms with Crippen molar-refractivity contribution in [3.63, 3.8) is 0 Å². The Morgan fingerprint density at radius 1 is 0.815 bits per heavy atom. The molecule has 0 spiro atoms. The fourth-order valence-corrected chi connectivity index (χ4v) is 4.96. The minimum absolute atomic E-state index is 0.00292. The highest BCUT2D eigenvalue weighted by atomic mass is 32.2. The van der Waals surface area contributed by atoms with Gasteiger partial charge in [0.25, 0.3) is 0 Å². The van der Waals surface area contributed by atoms with E-state index in [0.29, 0.717) is 17.9 Å². The number of benzene rings is 3. The van der Waals surface area contributed by atoms with E-state index in [4.69, 9.17) is 5.73 Å². The molecule has 0 aromatic heterocycles. The summed E-state index contributed by atoms with van der Waals surface area (Å²) in [6.07, 6.45) is 0. The fourth-order valence-electron chi connectivity index (χ4n) is 3.25. The van der Waals surface area contributed by atoms with E-state index in [2.05, 4.69) is 0 Å². The minimum Gasteiger partial charge on any atom is -0.326 e. The molecular weight excluding hydrogens is 365 g/mol. The predicted octanol–water partition coefficient (Wildman–Crippen LogP) is 3.69. The number of hydrogen-bond donors (Lipinski definition) is 1. The molecule has 0 unspecified atom stereocenters. The Hall–Kier alpha value is -2.90. The molecule has 0 fully saturated rings. The number of hydrogen-bond acceptors (Lipinski definition) is 3. The summed E-state index contributed by atoms with van der Waals surface area (Å²) < 4.78 is 43.4. The normalized spacial score (nSPS) is 15.0. The molecule has 0 bridgehead atoms. The zero-order chi connectivity index (χ0) is 19.0. The first-order valence-corrected chi connectivity index (χ1v) is 9.86. The molecule has 3 aromatic carbocycles. The summed E-state index contributed by atoms with van der Waals surface area (Å²) in [5.41, 5.74) is 8.37. The maximum Gasteiger partial charge on any atom is 0.331 e. The van der Waals surface area contributed by atoms with Gasteiger partial charge in [-0.05, 0) is 35.4 Å². The molecule has 0 radical (unpaired) electrons. The van der Waals surface area contributed by atoms with Crippen LogP contribution in [0.5, 0.6) is 0 Å². The van der Waals surface area contributed by atoms with E-state index in [1.807, 2.05) is 24.3 Å². The summed E-state index contributed by atoms with van der Waals surface area (Å²) in [6, 6.07) is 20.2. The first kappa shape index (κ1) is 17.5. The van der Waals surface area contributed by atoms with Gasteiger partial charge in [-0.15, -0.1) is 0 Å². The molecule has 0 amide bonds. The van der Waals surface area contributed by atoms with Crippen LogP contribution in [-0.2, 0) is 23.3 Å². The standard InChI is InChI=1S/C20H18FN3O2S/c21-17-8-1-2-9-18(17)24-20-11-4-3-10-19(20)23(27(24,25)26)14-16-7-5-6-15(12-16)13-22/h1-12H,13-14,22H2. The van der Waals surface area contributed by atoms with E-state index in [1.54, 1.807) is 30.3 Å². The first-order valence-electron chi connectivity index (χ1n) is 8.47. The molecular formula is C20H18FN3O2S. The van der Waals surface area contributed by atoms with Crippen LogP contribution in [0.3, 0.4) is 0 Å². The zero-order valence-electron chi connectivity index (χ0n) is 14.4. The molecule has 0 atom stereocenters. The maximum atomic E-state index is 14.4. The van der Waals surface area contributed by atoms with Gasteiger partial charge in [0, 0.05) is 6.54 Å². The van der Waals surface area contributed by atoms with Crippen LogP contribution in [0.1, 0.15) is 11.1 Å². The second kappa shape index (κ2) is 6.68. The third kappa shape index (κ3) is 2.94. The van der Waals surface area contributed by atoms with Gasteiger partial charge >= 0.3 is 10.2 Å². The average molecular weight is 383 g/mol. The van der Waals surface area contributed by atoms with Crippen molar-refractivity contribution in [3.05, 3.63) is 89.7 Å². The van der Waals surface area contributed by atoms with Crippen LogP contribution in [0.15, 0.2) is 72.8 Å². The lowest BCUT2D eigenvalue weighted by Crippen LogP contribution is -2.35. The molecule has 5 nitrogen and oxygen atoms in total. The number of nitrogens with zero attached hydrogens (tertiary/aromatic N) is 2. The SMILES string of the molecule is NCc1cccc(CN2c3ccccc3N(c3ccccc3F)S2(=O)=O)c1. The molecule has 4 rings (SSSR count). The highest BCUT2D eigenvalue weighted by Gasteiger charge is 2.42. The van der Waals surface area contributed by atoms with E-state index in [-0.39, 0.29) is 12.2 Å². The van der Waals surface area contributed by atoms with Crippen molar-refractivity contribution in [2.45, 2.75) is 13.1 Å². The van der Waals surface area contributed by atoms with Crippen LogP contribution in [0.4, 0.5) is 21.5 Å². The van der Waals surface area contributed by atoms with E-state index < -0.39 is 16.0 Å². The van der Waals surface area contributed by atoms with Gasteiger partial charge in [-0.3, -0.25) is 0 Å². The van der Waals surface area contributed by atoms with Crippen LogP contribution in [0.2, 0.25) is 0 Å². The smallest absolute Gasteiger partial charge is 0.326 e. The van der Waals surface area contributed by atoms with Crippen molar-refractivity contribution in [1.82, 2.24) is 0 Å². The molecule has 27 heavy (non-hydrogen) atoms. The predicted molar refractivity (Wildman–Crippen MR) is 104 cm³/mol. The first-order chi connectivity index (χ1) is 13.0. The van der Waals surface area contributed by atoms with Gasteiger partial charge < -0.3 is 5.73 Å². The van der Waals surface area contributed by atoms with Crippen LogP contribution in [0.25, 0.3) is 0 Å². The van der Waals surface area contributed by atoms with Gasteiger partial charge in [-0.25, -0.2) is 13.0 Å². The topological polar surface area (TPSA) is 66.6 Å². The maximum absolute atomic E-state index is 14.4. The van der Waals surface area contributed by atoms with Crippen LogP contribution in [-0.4, -0.2) is 8.42 Å². The van der Waals surface area contributed by atoms with Gasteiger partial charge in [-0.2, -0.15) is 8.42 Å². The molecule has 7 heteroatoms. The van der Waals surface area contributed by atoms with Crippen molar-refractivity contribution in [1.29, 1.82) is 0 Å². The van der Waals surface area contributed by atoms with Crippen molar-refractivity contribution < 1.29 is 12.8 Å². The lowest BCUT2D eigenvalue weighted by atomic mass is 10.1. The molecule has 0 saturated carbocycles. The Kier molecular flexibility index (Phi) is 4.33. The van der Waals surface area contributed by atoms with Gasteiger partial charge in [0.15, 0.2) is 0 Å². The second-order valence-electron chi connectivity index (χ2n) is 6.24. The Morgan fingerprint density at radius 2 is 1.44 bits per heavy atom. The third-order valence-electron chi connectivity index (χ3n) is 4.50. The molecule has 1 aliphatic rings. The number of anilines is 3. The number of halogens is 1. The Labute approximate surface area is 157 Å². The summed E-state index contributed by atoms with van der Waals surface area (Å²) in [6.45, 7) is 0.511. The largest absolute Gasteiger partial charge is 0.331 e. The average Bonchev–Trinajstić information content (AvgIpc) is 2.89. The Bertz CT molecular complexity index is 1100. The molecule has 1 aliphatic heterocycles. The van der Waals surface area contributed by atoms with E-state index in [1.165, 1.54) is 22.5 Å². The summed E-state index contributed by atoms with van der Waals surface area (Å²) in [5.74, 6) is -0.595. The second-order valence-corrected chi connectivity index (χ2v) is 7.94. The molecule has 2 N–H and O–H groups in total.